The topological polar surface area (TPSA) is 72.2 Å². The van der Waals surface area contributed by atoms with Crippen molar-refractivity contribution in [2.75, 3.05) is 5.32 Å². The van der Waals surface area contributed by atoms with Crippen LogP contribution in [0.5, 0.6) is 0 Å². The van der Waals surface area contributed by atoms with Gasteiger partial charge < -0.3 is 9.73 Å². The molecule has 0 atom stereocenters. The molecule has 0 fully saturated rings. The molecule has 1 N–H and O–H groups in total. The molecule has 150 valence electrons. The molecule has 0 saturated heterocycles. The number of carbonyl (C=O) groups is 1. The Morgan fingerprint density at radius 3 is 2.43 bits per heavy atom. The summed E-state index contributed by atoms with van der Waals surface area (Å²) in [4.78, 5) is 29.0. The van der Waals surface area contributed by atoms with Gasteiger partial charge in [-0.05, 0) is 41.3 Å². The maximum absolute atomic E-state index is 12.7. The zero-order valence-electron chi connectivity index (χ0n) is 17.1. The molecule has 0 aliphatic carbocycles. The quantitative estimate of drug-likeness (QED) is 0.501. The molecule has 30 heavy (non-hydrogen) atoms. The van der Waals surface area contributed by atoms with E-state index in [0.29, 0.717) is 28.0 Å². The first-order valence-electron chi connectivity index (χ1n) is 9.71. The van der Waals surface area contributed by atoms with Gasteiger partial charge in [-0.2, -0.15) is 0 Å². The molecule has 2 aromatic carbocycles. The monoisotopic (exact) mass is 398 g/mol. The van der Waals surface area contributed by atoms with E-state index in [1.807, 2.05) is 12.1 Å². The van der Waals surface area contributed by atoms with E-state index in [4.69, 9.17) is 4.42 Å². The van der Waals surface area contributed by atoms with Crippen molar-refractivity contribution in [2.45, 2.75) is 26.2 Å². The number of rotatable bonds is 3. The SMILES string of the molecule is CC(C)(C)c1ccc(-c2cc(=O)c3cc(NC(=O)c4cccnc4)ccc3o2)cc1. The lowest BCUT2D eigenvalue weighted by Crippen LogP contribution is -2.12. The highest BCUT2D eigenvalue weighted by Crippen LogP contribution is 2.27. The number of aromatic nitrogens is 1. The Morgan fingerprint density at radius 2 is 1.77 bits per heavy atom. The van der Waals surface area contributed by atoms with Crippen LogP contribution in [0.1, 0.15) is 36.7 Å². The van der Waals surface area contributed by atoms with Crippen LogP contribution in [0, 0.1) is 0 Å². The summed E-state index contributed by atoms with van der Waals surface area (Å²) in [5.41, 5.74) is 3.38. The average Bonchev–Trinajstić information content (AvgIpc) is 2.74. The molecule has 0 aliphatic rings. The van der Waals surface area contributed by atoms with Crippen LogP contribution in [0.4, 0.5) is 5.69 Å². The van der Waals surface area contributed by atoms with Crippen LogP contribution in [0.3, 0.4) is 0 Å². The van der Waals surface area contributed by atoms with Crippen LogP contribution in [-0.4, -0.2) is 10.9 Å². The van der Waals surface area contributed by atoms with Gasteiger partial charge in [-0.1, -0.05) is 45.0 Å². The second-order valence-electron chi connectivity index (χ2n) is 8.21. The molecular weight excluding hydrogens is 376 g/mol. The number of amides is 1. The van der Waals surface area contributed by atoms with E-state index in [1.165, 1.54) is 17.8 Å². The molecular formula is C25H22N2O3. The Balaban J connectivity index is 1.64. The normalized spacial score (nSPS) is 11.4. The van der Waals surface area contributed by atoms with E-state index in [1.54, 1.807) is 36.5 Å². The molecule has 0 bridgehead atoms. The lowest BCUT2D eigenvalue weighted by molar-refractivity contribution is 0.102. The average molecular weight is 398 g/mol. The van der Waals surface area contributed by atoms with Crippen molar-refractivity contribution < 1.29 is 9.21 Å². The Bertz CT molecular complexity index is 1270. The fraction of sp³-hybridized carbons (Fsp3) is 0.160. The Morgan fingerprint density at radius 1 is 1.00 bits per heavy atom. The van der Waals surface area contributed by atoms with E-state index >= 15 is 0 Å². The van der Waals surface area contributed by atoms with E-state index in [0.717, 1.165) is 5.56 Å². The number of fused-ring (bicyclic) bond motifs is 1. The summed E-state index contributed by atoms with van der Waals surface area (Å²) in [6.45, 7) is 6.47. The van der Waals surface area contributed by atoms with Gasteiger partial charge in [0.2, 0.25) is 0 Å². The Labute approximate surface area is 174 Å². The molecule has 0 radical (unpaired) electrons. The number of benzene rings is 2. The van der Waals surface area contributed by atoms with E-state index in [-0.39, 0.29) is 16.8 Å². The predicted molar refractivity (Wildman–Crippen MR) is 119 cm³/mol. The van der Waals surface area contributed by atoms with Crippen molar-refractivity contribution in [3.05, 3.63) is 94.4 Å². The van der Waals surface area contributed by atoms with Crippen molar-refractivity contribution in [1.29, 1.82) is 0 Å². The van der Waals surface area contributed by atoms with E-state index < -0.39 is 0 Å². The fourth-order valence-electron chi connectivity index (χ4n) is 3.21. The van der Waals surface area contributed by atoms with Crippen molar-refractivity contribution in [3.63, 3.8) is 0 Å². The summed E-state index contributed by atoms with van der Waals surface area (Å²) in [7, 11) is 0. The highest BCUT2D eigenvalue weighted by atomic mass is 16.3. The van der Waals surface area contributed by atoms with Gasteiger partial charge in [-0.25, -0.2) is 0 Å². The van der Waals surface area contributed by atoms with Crippen molar-refractivity contribution in [3.8, 4) is 11.3 Å². The molecule has 1 amide bonds. The first kappa shape index (κ1) is 19.6. The van der Waals surface area contributed by atoms with Gasteiger partial charge in [0, 0.05) is 29.7 Å². The van der Waals surface area contributed by atoms with Gasteiger partial charge in [0.1, 0.15) is 11.3 Å². The summed E-state index contributed by atoms with van der Waals surface area (Å²) in [5.74, 6) is 0.225. The summed E-state index contributed by atoms with van der Waals surface area (Å²) in [6, 6.07) is 17.9. The van der Waals surface area contributed by atoms with Crippen molar-refractivity contribution in [1.82, 2.24) is 4.98 Å². The minimum absolute atomic E-state index is 0.0550. The number of nitrogens with zero attached hydrogens (tertiary/aromatic N) is 1. The van der Waals surface area contributed by atoms with Crippen LogP contribution in [0.15, 0.2) is 82.3 Å². The zero-order chi connectivity index (χ0) is 21.3. The second kappa shape index (κ2) is 7.59. The summed E-state index contributed by atoms with van der Waals surface area (Å²) >= 11 is 0. The Hall–Kier alpha value is -3.73. The molecule has 2 aromatic heterocycles. The Kier molecular flexibility index (Phi) is 4.96. The maximum Gasteiger partial charge on any atom is 0.257 e. The molecule has 2 heterocycles. The van der Waals surface area contributed by atoms with Crippen LogP contribution >= 0.6 is 0 Å². The third-order valence-electron chi connectivity index (χ3n) is 4.94. The van der Waals surface area contributed by atoms with Crippen LogP contribution in [0.2, 0.25) is 0 Å². The third-order valence-corrected chi connectivity index (χ3v) is 4.94. The maximum atomic E-state index is 12.7. The first-order valence-corrected chi connectivity index (χ1v) is 9.71. The van der Waals surface area contributed by atoms with Gasteiger partial charge >= 0.3 is 0 Å². The minimum atomic E-state index is -0.289. The zero-order valence-corrected chi connectivity index (χ0v) is 17.1. The summed E-state index contributed by atoms with van der Waals surface area (Å²) < 4.78 is 5.98. The molecule has 0 aliphatic heterocycles. The third kappa shape index (κ3) is 4.01. The van der Waals surface area contributed by atoms with Crippen LogP contribution < -0.4 is 10.7 Å². The molecule has 5 heteroatoms. The van der Waals surface area contributed by atoms with Crippen molar-refractivity contribution in [2.24, 2.45) is 0 Å². The fourth-order valence-corrected chi connectivity index (χ4v) is 3.21. The smallest absolute Gasteiger partial charge is 0.257 e. The van der Waals surface area contributed by atoms with Gasteiger partial charge in [0.15, 0.2) is 5.43 Å². The van der Waals surface area contributed by atoms with Crippen LogP contribution in [-0.2, 0) is 5.41 Å². The van der Waals surface area contributed by atoms with Gasteiger partial charge in [0.05, 0.1) is 10.9 Å². The molecule has 4 aromatic rings. The first-order chi connectivity index (χ1) is 14.3. The molecule has 4 rings (SSSR count). The molecule has 0 saturated carbocycles. The number of nitrogens with one attached hydrogen (secondary N) is 1. The van der Waals surface area contributed by atoms with Gasteiger partial charge in [-0.15, -0.1) is 0 Å². The number of anilines is 1. The lowest BCUT2D eigenvalue weighted by Gasteiger charge is -2.19. The van der Waals surface area contributed by atoms with Gasteiger partial charge in [-0.3, -0.25) is 14.6 Å². The lowest BCUT2D eigenvalue weighted by atomic mass is 9.86. The number of hydrogen-bond donors (Lipinski definition) is 1. The minimum Gasteiger partial charge on any atom is -0.456 e. The van der Waals surface area contributed by atoms with Gasteiger partial charge in [0.25, 0.3) is 5.91 Å². The summed E-state index contributed by atoms with van der Waals surface area (Å²) in [5, 5.41) is 3.20. The predicted octanol–water partition coefficient (Wildman–Crippen LogP) is 5.40. The molecule has 5 nitrogen and oxygen atoms in total. The highest BCUT2D eigenvalue weighted by molar-refractivity contribution is 6.04. The van der Waals surface area contributed by atoms with E-state index in [9.17, 15) is 9.59 Å². The number of pyridine rings is 1. The molecule has 0 unspecified atom stereocenters. The van der Waals surface area contributed by atoms with E-state index in [2.05, 4.69) is 43.2 Å². The number of carbonyl (C=O) groups excluding carboxylic acids is 1. The summed E-state index contributed by atoms with van der Waals surface area (Å²) in [6.07, 6.45) is 3.09. The number of hydrogen-bond acceptors (Lipinski definition) is 4. The largest absolute Gasteiger partial charge is 0.456 e. The highest BCUT2D eigenvalue weighted by Gasteiger charge is 2.14. The van der Waals surface area contributed by atoms with Crippen molar-refractivity contribution >= 4 is 22.6 Å². The molecule has 0 spiro atoms. The second-order valence-corrected chi connectivity index (χ2v) is 8.21. The van der Waals surface area contributed by atoms with Crippen LogP contribution in [0.25, 0.3) is 22.3 Å². The standard InChI is InChI=1S/C25H22N2O3/c1-25(2,3)18-8-6-16(7-9-18)23-14-21(28)20-13-19(10-11-22(20)30-23)27-24(29)17-5-4-12-26-15-17/h4-15H,1-3H3,(H,27,29).